The highest BCUT2D eigenvalue weighted by Gasteiger charge is 2.62. The van der Waals surface area contributed by atoms with Crippen LogP contribution in [0, 0.1) is 52.3 Å². The molecule has 0 aromatic rings. The van der Waals surface area contributed by atoms with Gasteiger partial charge in [0.05, 0.1) is 12.2 Å². The van der Waals surface area contributed by atoms with E-state index in [9.17, 15) is 10.2 Å². The van der Waals surface area contributed by atoms with E-state index >= 15 is 0 Å². The van der Waals surface area contributed by atoms with E-state index in [4.69, 9.17) is 0 Å². The molecule has 4 nitrogen and oxygen atoms in total. The van der Waals surface area contributed by atoms with Gasteiger partial charge in [0.25, 0.3) is 0 Å². The first-order chi connectivity index (χ1) is 17.0. The van der Waals surface area contributed by atoms with Crippen molar-refractivity contribution < 1.29 is 10.2 Å². The average molecular weight is 505 g/mol. The summed E-state index contributed by atoms with van der Waals surface area (Å²) in [5.41, 5.74) is 0.778. The molecule has 0 amide bonds. The Bertz CT molecular complexity index is 712. The van der Waals surface area contributed by atoms with E-state index in [-0.39, 0.29) is 12.2 Å². The fraction of sp³-hybridized carbons (Fsp3) is 1.00. The molecule has 4 fully saturated rings. The van der Waals surface area contributed by atoms with Crippen molar-refractivity contribution in [1.82, 2.24) is 10.6 Å². The highest BCUT2D eigenvalue weighted by molar-refractivity contribution is 5.12. The second-order valence-corrected chi connectivity index (χ2v) is 14.9. The van der Waals surface area contributed by atoms with Crippen LogP contribution in [0.5, 0.6) is 0 Å². The maximum Gasteiger partial charge on any atom is 0.0577 e. The van der Waals surface area contributed by atoms with Crippen molar-refractivity contribution in [3.63, 3.8) is 0 Å². The molecule has 0 radical (unpaired) electrons. The molecule has 11 atom stereocenters. The standard InChI is InChI=1S/C32H60N2O2/c1-20(2)28(35)11-8-22(5)25-9-10-26-30-27(13-15-32(25,26)7)31(6)14-12-24(18-23(31)19-29(30)36)34-17-16-33-21(3)4/h20-30,33-36H,8-19H2,1-7H3/t22-,23-,24+,25-,26?,27?,28?,29-,30?,31+,32-/m1/s1. The van der Waals surface area contributed by atoms with Crippen LogP contribution in [-0.4, -0.2) is 47.6 Å². The Balaban J connectivity index is 1.39. The Morgan fingerprint density at radius 2 is 1.53 bits per heavy atom. The lowest BCUT2D eigenvalue weighted by atomic mass is 9.43. The van der Waals surface area contributed by atoms with Crippen molar-refractivity contribution in [2.24, 2.45) is 52.3 Å². The van der Waals surface area contributed by atoms with Crippen LogP contribution >= 0.6 is 0 Å². The third kappa shape index (κ3) is 5.58. The molecule has 4 aliphatic rings. The van der Waals surface area contributed by atoms with Gasteiger partial charge in [-0.1, -0.05) is 48.5 Å². The van der Waals surface area contributed by atoms with Crippen LogP contribution in [0.4, 0.5) is 0 Å². The van der Waals surface area contributed by atoms with Gasteiger partial charge in [-0.25, -0.2) is 0 Å². The molecular weight excluding hydrogens is 444 g/mol. The molecule has 36 heavy (non-hydrogen) atoms. The van der Waals surface area contributed by atoms with Crippen molar-refractivity contribution in [3.8, 4) is 0 Å². The molecule has 4 saturated carbocycles. The van der Waals surface area contributed by atoms with Gasteiger partial charge in [-0.2, -0.15) is 0 Å². The first-order valence-corrected chi connectivity index (χ1v) is 15.8. The number of hydrogen-bond acceptors (Lipinski definition) is 4. The summed E-state index contributed by atoms with van der Waals surface area (Å²) in [5.74, 6) is 4.32. The molecule has 0 aromatic heterocycles. The smallest absolute Gasteiger partial charge is 0.0577 e. The predicted octanol–water partition coefficient (Wildman–Crippen LogP) is 6.01. The first kappa shape index (κ1) is 28.8. The fourth-order valence-corrected chi connectivity index (χ4v) is 9.99. The second-order valence-electron chi connectivity index (χ2n) is 14.9. The quantitative estimate of drug-likeness (QED) is 0.275. The lowest BCUT2D eigenvalue weighted by Gasteiger charge is -2.62. The van der Waals surface area contributed by atoms with Crippen LogP contribution in [0.25, 0.3) is 0 Å². The third-order valence-corrected chi connectivity index (χ3v) is 12.2. The van der Waals surface area contributed by atoms with E-state index in [1.807, 2.05) is 0 Å². The lowest BCUT2D eigenvalue weighted by molar-refractivity contribution is -0.167. The minimum absolute atomic E-state index is 0.115. The number of rotatable bonds is 10. The molecule has 0 spiro atoms. The number of fused-ring (bicyclic) bond motifs is 5. The SMILES string of the molecule is CC(C)NCCN[C@H]1CC[C@]2(C)C3CC[C@@]4(C)C(CC[C@@H]4[C@H](C)CCC(O)C(C)C)C3[C@H](O)C[C@H]2C1. The topological polar surface area (TPSA) is 64.5 Å². The zero-order valence-electron chi connectivity index (χ0n) is 24.7. The summed E-state index contributed by atoms with van der Waals surface area (Å²) in [6.07, 6.45) is 12.0. The van der Waals surface area contributed by atoms with Crippen molar-refractivity contribution in [1.29, 1.82) is 0 Å². The van der Waals surface area contributed by atoms with Gasteiger partial charge in [0, 0.05) is 25.2 Å². The molecule has 210 valence electrons. The molecule has 0 heterocycles. The second kappa shape index (κ2) is 11.5. The first-order valence-electron chi connectivity index (χ1n) is 15.8. The molecule has 4 unspecified atom stereocenters. The Labute approximate surface area is 223 Å². The van der Waals surface area contributed by atoms with Gasteiger partial charge in [-0.05, 0) is 116 Å². The summed E-state index contributed by atoms with van der Waals surface area (Å²) in [6.45, 7) is 18.4. The summed E-state index contributed by atoms with van der Waals surface area (Å²) in [7, 11) is 0. The molecule has 0 aliphatic heterocycles. The largest absolute Gasteiger partial charge is 0.393 e. The molecule has 4 rings (SSSR count). The van der Waals surface area contributed by atoms with E-state index in [0.717, 1.165) is 38.3 Å². The maximum atomic E-state index is 11.7. The van der Waals surface area contributed by atoms with Crippen molar-refractivity contribution in [2.45, 2.75) is 137 Å². The molecular formula is C32H60N2O2. The summed E-state index contributed by atoms with van der Waals surface area (Å²) >= 11 is 0. The summed E-state index contributed by atoms with van der Waals surface area (Å²) in [6, 6.07) is 1.17. The third-order valence-electron chi connectivity index (χ3n) is 12.2. The Morgan fingerprint density at radius 1 is 0.833 bits per heavy atom. The Kier molecular flexibility index (Phi) is 9.23. The van der Waals surface area contributed by atoms with Gasteiger partial charge in [0.1, 0.15) is 0 Å². The number of aliphatic hydroxyl groups excluding tert-OH is 2. The number of hydrogen-bond donors (Lipinski definition) is 4. The number of aliphatic hydroxyl groups is 2. The molecule has 0 saturated heterocycles. The van der Waals surface area contributed by atoms with Crippen molar-refractivity contribution in [2.75, 3.05) is 13.1 Å². The maximum absolute atomic E-state index is 11.7. The van der Waals surface area contributed by atoms with Gasteiger partial charge in [0.15, 0.2) is 0 Å². The molecule has 0 aromatic carbocycles. The normalized spacial score (nSPS) is 44.2. The predicted molar refractivity (Wildman–Crippen MR) is 151 cm³/mol. The minimum Gasteiger partial charge on any atom is -0.393 e. The van der Waals surface area contributed by atoms with Gasteiger partial charge in [0.2, 0.25) is 0 Å². The van der Waals surface area contributed by atoms with Crippen LogP contribution in [0.1, 0.15) is 113 Å². The highest BCUT2D eigenvalue weighted by atomic mass is 16.3. The van der Waals surface area contributed by atoms with Gasteiger partial charge in [-0.15, -0.1) is 0 Å². The molecule has 0 bridgehead atoms. The number of nitrogens with one attached hydrogen (secondary N) is 2. The van der Waals surface area contributed by atoms with E-state index < -0.39 is 0 Å². The van der Waals surface area contributed by atoms with Crippen LogP contribution in [-0.2, 0) is 0 Å². The Morgan fingerprint density at radius 3 is 2.22 bits per heavy atom. The fourth-order valence-electron chi connectivity index (χ4n) is 9.99. The van der Waals surface area contributed by atoms with Gasteiger partial charge in [-0.3, -0.25) is 0 Å². The van der Waals surface area contributed by atoms with Gasteiger partial charge < -0.3 is 20.8 Å². The van der Waals surface area contributed by atoms with E-state index in [2.05, 4.69) is 59.1 Å². The molecule has 4 aliphatic carbocycles. The molecule has 4 N–H and O–H groups in total. The monoisotopic (exact) mass is 504 g/mol. The Hall–Kier alpha value is -0.160. The minimum atomic E-state index is -0.165. The summed E-state index contributed by atoms with van der Waals surface area (Å²) in [5, 5.41) is 29.5. The zero-order valence-corrected chi connectivity index (χ0v) is 24.7. The average Bonchev–Trinajstić information content (AvgIpc) is 3.17. The van der Waals surface area contributed by atoms with Gasteiger partial charge >= 0.3 is 0 Å². The van der Waals surface area contributed by atoms with E-state index in [1.54, 1.807) is 0 Å². The van der Waals surface area contributed by atoms with Crippen molar-refractivity contribution in [3.05, 3.63) is 0 Å². The van der Waals surface area contributed by atoms with Crippen molar-refractivity contribution >= 4 is 0 Å². The van der Waals surface area contributed by atoms with Crippen LogP contribution in [0.15, 0.2) is 0 Å². The zero-order chi connectivity index (χ0) is 26.3. The van der Waals surface area contributed by atoms with Crippen LogP contribution in [0.3, 0.4) is 0 Å². The molecule has 4 heteroatoms. The van der Waals surface area contributed by atoms with E-state index in [1.165, 1.54) is 44.9 Å². The lowest BCUT2D eigenvalue weighted by Crippen LogP contribution is -2.59. The van der Waals surface area contributed by atoms with Crippen LogP contribution in [0.2, 0.25) is 0 Å². The summed E-state index contributed by atoms with van der Waals surface area (Å²) in [4.78, 5) is 0. The van der Waals surface area contributed by atoms with Crippen LogP contribution < -0.4 is 10.6 Å². The highest BCUT2D eigenvalue weighted by Crippen LogP contribution is 2.68. The van der Waals surface area contributed by atoms with E-state index in [0.29, 0.717) is 58.4 Å². The summed E-state index contributed by atoms with van der Waals surface area (Å²) < 4.78 is 0.